The number of aryl methyl sites for hydroxylation is 1. The van der Waals surface area contributed by atoms with E-state index in [2.05, 4.69) is 29.3 Å². The largest absolute Gasteiger partial charge is 0.379 e. The van der Waals surface area contributed by atoms with Gasteiger partial charge in [0.25, 0.3) is 11.8 Å². The van der Waals surface area contributed by atoms with Crippen LogP contribution in [0.4, 0.5) is 11.4 Å². The second-order valence-electron chi connectivity index (χ2n) is 6.24. The van der Waals surface area contributed by atoms with E-state index in [9.17, 15) is 4.79 Å². The van der Waals surface area contributed by atoms with Crippen molar-refractivity contribution >= 4 is 17.3 Å². The second-order valence-corrected chi connectivity index (χ2v) is 6.24. The van der Waals surface area contributed by atoms with Crippen molar-refractivity contribution in [2.45, 2.75) is 33.4 Å². The van der Waals surface area contributed by atoms with Crippen LogP contribution in [0.25, 0.3) is 0 Å². The maximum Gasteiger partial charge on any atom is 0.253 e. The third-order valence-electron chi connectivity index (χ3n) is 4.04. The van der Waals surface area contributed by atoms with Crippen molar-refractivity contribution in [3.8, 4) is 0 Å². The molecule has 0 aliphatic carbocycles. The Morgan fingerprint density at radius 1 is 1.46 bits per heavy atom. The van der Waals surface area contributed by atoms with Crippen LogP contribution < -0.4 is 10.2 Å². The number of amides is 1. The summed E-state index contributed by atoms with van der Waals surface area (Å²) in [6, 6.07) is 8.04. The predicted octanol–water partition coefficient (Wildman–Crippen LogP) is 2.38. The molecule has 2 heterocycles. The number of nitrogens with zero attached hydrogens (tertiary/aromatic N) is 3. The van der Waals surface area contributed by atoms with Crippen molar-refractivity contribution in [2.75, 3.05) is 23.4 Å². The van der Waals surface area contributed by atoms with Crippen molar-refractivity contribution in [3.05, 3.63) is 36.0 Å². The van der Waals surface area contributed by atoms with Crippen LogP contribution in [0.5, 0.6) is 0 Å². The number of hydrogen-bond donors (Lipinski definition) is 1. The molecule has 0 radical (unpaired) electrons. The number of aromatic nitrogens is 2. The Hall–Kier alpha value is -2.41. The molecule has 1 aromatic carbocycles. The van der Waals surface area contributed by atoms with Gasteiger partial charge in [-0.1, -0.05) is 31.1 Å². The Labute approximate surface area is 141 Å². The first kappa shape index (κ1) is 16.4. The molecule has 1 unspecified atom stereocenters. The fraction of sp³-hybridized carbons (Fsp3) is 0.471. The summed E-state index contributed by atoms with van der Waals surface area (Å²) in [6.07, 6.45) is 0. The molecule has 24 heavy (non-hydrogen) atoms. The van der Waals surface area contributed by atoms with Gasteiger partial charge in [-0.2, -0.15) is 4.98 Å². The number of nitrogens with one attached hydrogen (secondary N) is 1. The minimum Gasteiger partial charge on any atom is -0.379 e. The smallest absolute Gasteiger partial charge is 0.253 e. The Balaban J connectivity index is 1.66. The van der Waals surface area contributed by atoms with Gasteiger partial charge in [0.2, 0.25) is 0 Å². The first-order valence-corrected chi connectivity index (χ1v) is 8.07. The number of anilines is 2. The lowest BCUT2D eigenvalue weighted by Gasteiger charge is -2.37. The highest BCUT2D eigenvalue weighted by atomic mass is 16.5. The van der Waals surface area contributed by atoms with Gasteiger partial charge in [-0.3, -0.25) is 4.79 Å². The van der Waals surface area contributed by atoms with Crippen LogP contribution in [0.2, 0.25) is 0 Å². The number of carbonyl (C=O) groups is 1. The molecular weight excluding hydrogens is 308 g/mol. The highest BCUT2D eigenvalue weighted by molar-refractivity contribution is 5.98. The average Bonchev–Trinajstić information content (AvgIpc) is 2.99. The molecule has 0 bridgehead atoms. The van der Waals surface area contributed by atoms with Crippen LogP contribution >= 0.6 is 0 Å². The van der Waals surface area contributed by atoms with E-state index < -0.39 is 0 Å². The van der Waals surface area contributed by atoms with Gasteiger partial charge in [0.05, 0.1) is 11.4 Å². The monoisotopic (exact) mass is 330 g/mol. The molecule has 7 nitrogen and oxygen atoms in total. The van der Waals surface area contributed by atoms with Gasteiger partial charge in [0.1, 0.15) is 13.2 Å². The number of hydrogen-bond acceptors (Lipinski definition) is 6. The fourth-order valence-corrected chi connectivity index (χ4v) is 2.69. The van der Waals surface area contributed by atoms with Crippen LogP contribution in [0.3, 0.4) is 0 Å². The Bertz CT molecular complexity index is 713. The molecule has 3 rings (SSSR count). The molecule has 1 aromatic heterocycles. The van der Waals surface area contributed by atoms with Gasteiger partial charge in [0, 0.05) is 12.6 Å². The molecule has 2 aromatic rings. The second kappa shape index (κ2) is 7.00. The summed E-state index contributed by atoms with van der Waals surface area (Å²) in [6.45, 7) is 6.75. The first-order chi connectivity index (χ1) is 11.5. The van der Waals surface area contributed by atoms with Crippen molar-refractivity contribution in [1.29, 1.82) is 0 Å². The lowest BCUT2D eigenvalue weighted by molar-refractivity contribution is -0.123. The van der Waals surface area contributed by atoms with E-state index >= 15 is 0 Å². The standard InChI is InChI=1S/C17H22N4O3/c1-11(2)14-8-21(15-7-5-4-6-13(15)19-14)17(22)10-23-9-16-18-12(3)20-24-16/h4-7,11,14,19H,8-10H2,1-3H3. The van der Waals surface area contributed by atoms with Crippen LogP contribution in [-0.4, -0.2) is 35.2 Å². The predicted molar refractivity (Wildman–Crippen MR) is 89.7 cm³/mol. The van der Waals surface area contributed by atoms with E-state index in [1.165, 1.54) is 0 Å². The van der Waals surface area contributed by atoms with Crippen molar-refractivity contribution in [1.82, 2.24) is 10.1 Å². The molecule has 1 aliphatic heterocycles. The zero-order valence-corrected chi connectivity index (χ0v) is 14.2. The minimum absolute atomic E-state index is 0.0272. The summed E-state index contributed by atoms with van der Waals surface area (Å²) >= 11 is 0. The molecule has 0 spiro atoms. The van der Waals surface area contributed by atoms with Crippen molar-refractivity contribution in [3.63, 3.8) is 0 Å². The zero-order chi connectivity index (χ0) is 17.1. The third kappa shape index (κ3) is 3.56. The summed E-state index contributed by atoms with van der Waals surface area (Å²) in [4.78, 5) is 18.5. The summed E-state index contributed by atoms with van der Waals surface area (Å²) in [5, 5.41) is 7.19. The summed E-state index contributed by atoms with van der Waals surface area (Å²) < 4.78 is 10.4. The van der Waals surface area contributed by atoms with E-state index in [1.54, 1.807) is 11.8 Å². The zero-order valence-electron chi connectivity index (χ0n) is 14.2. The summed E-state index contributed by atoms with van der Waals surface area (Å²) in [7, 11) is 0. The van der Waals surface area contributed by atoms with Gasteiger partial charge in [0.15, 0.2) is 5.82 Å². The number of rotatable bonds is 5. The molecule has 128 valence electrons. The Morgan fingerprint density at radius 2 is 2.25 bits per heavy atom. The van der Waals surface area contributed by atoms with Crippen molar-refractivity contribution in [2.24, 2.45) is 5.92 Å². The Morgan fingerprint density at radius 3 is 2.96 bits per heavy atom. The number of fused-ring (bicyclic) bond motifs is 1. The number of para-hydroxylation sites is 2. The van der Waals surface area contributed by atoms with Gasteiger partial charge < -0.3 is 19.5 Å². The van der Waals surface area contributed by atoms with E-state index in [0.29, 0.717) is 24.2 Å². The number of benzene rings is 1. The molecule has 0 fully saturated rings. The molecule has 1 N–H and O–H groups in total. The van der Waals surface area contributed by atoms with E-state index in [4.69, 9.17) is 9.26 Å². The highest BCUT2D eigenvalue weighted by Crippen LogP contribution is 2.32. The Kier molecular flexibility index (Phi) is 4.80. The normalized spacial score (nSPS) is 16.8. The maximum atomic E-state index is 12.6. The van der Waals surface area contributed by atoms with E-state index in [0.717, 1.165) is 11.4 Å². The van der Waals surface area contributed by atoms with Gasteiger partial charge in [-0.15, -0.1) is 0 Å². The topological polar surface area (TPSA) is 80.5 Å². The molecule has 1 atom stereocenters. The number of ether oxygens (including phenoxy) is 1. The van der Waals surface area contributed by atoms with Gasteiger partial charge in [-0.05, 0) is 25.0 Å². The molecular formula is C17H22N4O3. The van der Waals surface area contributed by atoms with Crippen LogP contribution in [-0.2, 0) is 16.1 Å². The summed E-state index contributed by atoms with van der Waals surface area (Å²) in [5.74, 6) is 1.26. The van der Waals surface area contributed by atoms with E-state index in [1.807, 2.05) is 24.3 Å². The molecule has 0 saturated heterocycles. The van der Waals surface area contributed by atoms with Crippen LogP contribution in [0.1, 0.15) is 25.6 Å². The molecule has 1 amide bonds. The fourth-order valence-electron chi connectivity index (χ4n) is 2.69. The average molecular weight is 330 g/mol. The molecule has 0 saturated carbocycles. The highest BCUT2D eigenvalue weighted by Gasteiger charge is 2.29. The van der Waals surface area contributed by atoms with Crippen molar-refractivity contribution < 1.29 is 14.1 Å². The number of carbonyl (C=O) groups excluding carboxylic acids is 1. The summed E-state index contributed by atoms with van der Waals surface area (Å²) in [5.41, 5.74) is 1.86. The maximum absolute atomic E-state index is 12.6. The first-order valence-electron chi connectivity index (χ1n) is 8.07. The molecule has 7 heteroatoms. The van der Waals surface area contributed by atoms with Gasteiger partial charge in [-0.25, -0.2) is 0 Å². The lowest BCUT2D eigenvalue weighted by atomic mass is 10.00. The van der Waals surface area contributed by atoms with Crippen LogP contribution in [0.15, 0.2) is 28.8 Å². The van der Waals surface area contributed by atoms with E-state index in [-0.39, 0.29) is 25.2 Å². The SMILES string of the molecule is Cc1noc(COCC(=O)N2CC(C(C)C)Nc3ccccc32)n1. The quantitative estimate of drug-likeness (QED) is 0.906. The third-order valence-corrected chi connectivity index (χ3v) is 4.04. The molecule has 1 aliphatic rings. The van der Waals surface area contributed by atoms with Crippen LogP contribution in [0, 0.1) is 12.8 Å². The minimum atomic E-state index is -0.0779. The van der Waals surface area contributed by atoms with Gasteiger partial charge >= 0.3 is 0 Å². The lowest BCUT2D eigenvalue weighted by Crippen LogP contribution is -2.48.